The molecule has 6 nitrogen and oxygen atoms in total. The fourth-order valence-electron chi connectivity index (χ4n) is 2.47. The van der Waals surface area contributed by atoms with Gasteiger partial charge >= 0.3 is 0 Å². The Morgan fingerprint density at radius 1 is 1.24 bits per heavy atom. The van der Waals surface area contributed by atoms with Gasteiger partial charge in [-0.15, -0.1) is 0 Å². The van der Waals surface area contributed by atoms with Gasteiger partial charge < -0.3 is 20.0 Å². The quantitative estimate of drug-likeness (QED) is 0.594. The van der Waals surface area contributed by atoms with E-state index in [9.17, 15) is 0 Å². The highest BCUT2D eigenvalue weighted by molar-refractivity contribution is 5.79. The van der Waals surface area contributed by atoms with Crippen LogP contribution in [0.25, 0.3) is 0 Å². The summed E-state index contributed by atoms with van der Waals surface area (Å²) in [5, 5.41) is 6.59. The molecule has 1 aliphatic rings. The Morgan fingerprint density at radius 2 is 2.00 bits per heavy atom. The van der Waals surface area contributed by atoms with Crippen LogP contribution < -0.4 is 10.6 Å². The van der Waals surface area contributed by atoms with Gasteiger partial charge in [0.25, 0.3) is 0 Å². The van der Waals surface area contributed by atoms with Crippen LogP contribution in [0.2, 0.25) is 0 Å². The molecule has 2 N–H and O–H groups in total. The number of guanidine groups is 1. The third kappa shape index (κ3) is 5.40. The molecule has 0 saturated carbocycles. The van der Waals surface area contributed by atoms with Gasteiger partial charge in [0.2, 0.25) is 0 Å². The lowest BCUT2D eigenvalue weighted by atomic mass is 10.3. The van der Waals surface area contributed by atoms with Gasteiger partial charge in [-0.3, -0.25) is 9.89 Å². The second kappa shape index (κ2) is 8.69. The van der Waals surface area contributed by atoms with Crippen molar-refractivity contribution in [2.24, 2.45) is 4.99 Å². The first kappa shape index (κ1) is 15.9. The summed E-state index contributed by atoms with van der Waals surface area (Å²) < 4.78 is 5.29. The highest BCUT2D eigenvalue weighted by Gasteiger charge is 2.14. The summed E-state index contributed by atoms with van der Waals surface area (Å²) in [5.41, 5.74) is 0. The molecule has 0 radical (unpaired) electrons. The third-order valence-electron chi connectivity index (χ3n) is 3.87. The molecular formula is C15H27N5O. The Labute approximate surface area is 127 Å². The minimum atomic E-state index is 0.655. The summed E-state index contributed by atoms with van der Waals surface area (Å²) in [5.74, 6) is 1.73. The molecule has 1 aromatic heterocycles. The maximum Gasteiger partial charge on any atom is 0.191 e. The first-order valence-electron chi connectivity index (χ1n) is 7.73. The molecule has 0 unspecified atom stereocenters. The van der Waals surface area contributed by atoms with Gasteiger partial charge in [-0.1, -0.05) is 6.92 Å². The van der Waals surface area contributed by atoms with Crippen molar-refractivity contribution < 1.29 is 4.42 Å². The minimum absolute atomic E-state index is 0.655. The number of hydrogen-bond acceptors (Lipinski definition) is 4. The van der Waals surface area contributed by atoms with Gasteiger partial charge in [0, 0.05) is 46.3 Å². The molecule has 0 atom stereocenters. The second-order valence-corrected chi connectivity index (χ2v) is 5.21. The molecule has 0 aliphatic carbocycles. The van der Waals surface area contributed by atoms with E-state index in [4.69, 9.17) is 4.42 Å². The minimum Gasteiger partial charge on any atom is -0.467 e. The maximum atomic E-state index is 5.29. The van der Waals surface area contributed by atoms with E-state index in [1.165, 1.54) is 13.1 Å². The Balaban J connectivity index is 1.60. The number of aliphatic imine (C=N–C) groups is 1. The normalized spacial score (nSPS) is 17.9. The number of furan rings is 1. The van der Waals surface area contributed by atoms with E-state index < -0.39 is 0 Å². The highest BCUT2D eigenvalue weighted by atomic mass is 16.3. The number of piperazine rings is 1. The molecule has 6 heteroatoms. The fraction of sp³-hybridized carbons (Fsp3) is 0.667. The monoisotopic (exact) mass is 293 g/mol. The topological polar surface area (TPSA) is 56.0 Å². The first-order chi connectivity index (χ1) is 10.3. The van der Waals surface area contributed by atoms with Crippen molar-refractivity contribution in [2.45, 2.75) is 13.5 Å². The molecule has 2 rings (SSSR count). The van der Waals surface area contributed by atoms with Crippen LogP contribution in [-0.2, 0) is 6.54 Å². The van der Waals surface area contributed by atoms with Gasteiger partial charge in [0.15, 0.2) is 5.96 Å². The van der Waals surface area contributed by atoms with Gasteiger partial charge in [0.1, 0.15) is 5.76 Å². The molecule has 0 amide bonds. The average molecular weight is 293 g/mol. The number of likely N-dealkylation sites (N-methyl/N-ethyl adjacent to an activating group) is 1. The van der Waals surface area contributed by atoms with Crippen LogP contribution in [0.5, 0.6) is 0 Å². The van der Waals surface area contributed by atoms with Crippen molar-refractivity contribution in [3.8, 4) is 0 Å². The molecule has 1 fully saturated rings. The van der Waals surface area contributed by atoms with Crippen molar-refractivity contribution in [2.75, 3.05) is 52.9 Å². The first-order valence-corrected chi connectivity index (χ1v) is 7.73. The number of nitrogens with zero attached hydrogens (tertiary/aromatic N) is 3. The number of nitrogens with one attached hydrogen (secondary N) is 2. The van der Waals surface area contributed by atoms with Crippen LogP contribution in [0.15, 0.2) is 27.8 Å². The molecule has 0 aromatic carbocycles. The predicted molar refractivity (Wildman–Crippen MR) is 85.5 cm³/mol. The van der Waals surface area contributed by atoms with Crippen molar-refractivity contribution in [1.82, 2.24) is 20.4 Å². The summed E-state index contributed by atoms with van der Waals surface area (Å²) in [6.07, 6.45) is 1.68. The summed E-state index contributed by atoms with van der Waals surface area (Å²) in [4.78, 5) is 9.21. The van der Waals surface area contributed by atoms with Crippen LogP contribution >= 0.6 is 0 Å². The Morgan fingerprint density at radius 3 is 2.62 bits per heavy atom. The van der Waals surface area contributed by atoms with E-state index in [2.05, 4.69) is 32.3 Å². The van der Waals surface area contributed by atoms with E-state index in [-0.39, 0.29) is 0 Å². The zero-order chi connectivity index (χ0) is 14.9. The van der Waals surface area contributed by atoms with Gasteiger partial charge in [0.05, 0.1) is 12.8 Å². The summed E-state index contributed by atoms with van der Waals surface area (Å²) in [6, 6.07) is 3.84. The van der Waals surface area contributed by atoms with E-state index >= 15 is 0 Å². The highest BCUT2D eigenvalue weighted by Crippen LogP contribution is 2.00. The predicted octanol–water partition coefficient (Wildman–Crippen LogP) is 0.582. The van der Waals surface area contributed by atoms with Gasteiger partial charge in [-0.05, 0) is 18.7 Å². The van der Waals surface area contributed by atoms with Crippen molar-refractivity contribution >= 4 is 5.96 Å². The summed E-state index contributed by atoms with van der Waals surface area (Å²) in [6.45, 7) is 10.7. The molecular weight excluding hydrogens is 266 g/mol. The largest absolute Gasteiger partial charge is 0.467 e. The van der Waals surface area contributed by atoms with Crippen LogP contribution in [0.1, 0.15) is 12.7 Å². The van der Waals surface area contributed by atoms with E-state index in [0.717, 1.165) is 44.4 Å². The average Bonchev–Trinajstić information content (AvgIpc) is 3.04. The van der Waals surface area contributed by atoms with Crippen LogP contribution in [0, 0.1) is 0 Å². The zero-order valence-electron chi connectivity index (χ0n) is 13.1. The van der Waals surface area contributed by atoms with Gasteiger partial charge in [-0.2, -0.15) is 0 Å². The second-order valence-electron chi connectivity index (χ2n) is 5.21. The molecule has 1 aliphatic heterocycles. The lowest BCUT2D eigenvalue weighted by Crippen LogP contribution is -2.49. The number of hydrogen-bond donors (Lipinski definition) is 2. The van der Waals surface area contributed by atoms with Crippen LogP contribution in [0.3, 0.4) is 0 Å². The van der Waals surface area contributed by atoms with Crippen LogP contribution in [-0.4, -0.2) is 68.6 Å². The molecule has 0 spiro atoms. The van der Waals surface area contributed by atoms with E-state index in [1.807, 2.05) is 12.1 Å². The molecule has 2 heterocycles. The standard InChI is InChI=1S/C15H27N5O/c1-3-19-8-10-20(11-9-19)7-6-17-15(16-2)18-13-14-5-4-12-21-14/h4-5,12H,3,6-11,13H2,1-2H3,(H2,16,17,18). The molecule has 0 bridgehead atoms. The van der Waals surface area contributed by atoms with Crippen LogP contribution in [0.4, 0.5) is 0 Å². The fourth-order valence-corrected chi connectivity index (χ4v) is 2.47. The lowest BCUT2D eigenvalue weighted by Gasteiger charge is -2.34. The molecule has 21 heavy (non-hydrogen) atoms. The smallest absolute Gasteiger partial charge is 0.191 e. The molecule has 1 aromatic rings. The lowest BCUT2D eigenvalue weighted by molar-refractivity contribution is 0.139. The zero-order valence-corrected chi connectivity index (χ0v) is 13.1. The summed E-state index contributed by atoms with van der Waals surface area (Å²) in [7, 11) is 1.79. The molecule has 1 saturated heterocycles. The Bertz CT molecular complexity index is 410. The van der Waals surface area contributed by atoms with E-state index in [0.29, 0.717) is 6.54 Å². The van der Waals surface area contributed by atoms with Gasteiger partial charge in [-0.25, -0.2) is 0 Å². The Hall–Kier alpha value is -1.53. The van der Waals surface area contributed by atoms with Crippen molar-refractivity contribution in [3.05, 3.63) is 24.2 Å². The molecule has 118 valence electrons. The number of rotatable bonds is 6. The maximum absolute atomic E-state index is 5.29. The van der Waals surface area contributed by atoms with Crippen molar-refractivity contribution in [1.29, 1.82) is 0 Å². The summed E-state index contributed by atoms with van der Waals surface area (Å²) >= 11 is 0. The Kier molecular flexibility index (Phi) is 6.56. The van der Waals surface area contributed by atoms with Crippen molar-refractivity contribution in [3.63, 3.8) is 0 Å². The third-order valence-corrected chi connectivity index (χ3v) is 3.87. The van der Waals surface area contributed by atoms with E-state index in [1.54, 1.807) is 13.3 Å². The SMILES string of the molecule is CCN1CCN(CCNC(=NC)NCc2ccco2)CC1.